The van der Waals surface area contributed by atoms with Crippen molar-refractivity contribution in [3.05, 3.63) is 23.4 Å². The van der Waals surface area contributed by atoms with E-state index in [9.17, 15) is 4.79 Å². The lowest BCUT2D eigenvalue weighted by atomic mass is 9.60. The minimum absolute atomic E-state index is 0.275. The van der Waals surface area contributed by atoms with Gasteiger partial charge in [0, 0.05) is 24.1 Å². The van der Waals surface area contributed by atoms with Crippen LogP contribution in [0.5, 0.6) is 0 Å². The maximum absolute atomic E-state index is 12.2. The van der Waals surface area contributed by atoms with Crippen LogP contribution in [0.2, 0.25) is 0 Å². The summed E-state index contributed by atoms with van der Waals surface area (Å²) in [5.41, 5.74) is 3.33. The third-order valence-electron chi connectivity index (χ3n) is 5.63. The highest BCUT2D eigenvalue weighted by Crippen LogP contribution is 2.61. The van der Waals surface area contributed by atoms with E-state index in [1.807, 2.05) is 0 Å². The maximum Gasteiger partial charge on any atom is 0.226 e. The minimum atomic E-state index is 0.275. The molecule has 2 bridgehead atoms. The molecule has 3 unspecified atom stereocenters. The van der Waals surface area contributed by atoms with E-state index in [1.54, 1.807) is 5.57 Å². The van der Waals surface area contributed by atoms with Gasteiger partial charge in [0.1, 0.15) is 0 Å². The van der Waals surface area contributed by atoms with Crippen LogP contribution in [0.15, 0.2) is 23.4 Å². The van der Waals surface area contributed by atoms with Gasteiger partial charge in [0.15, 0.2) is 0 Å². The first-order chi connectivity index (χ1) is 8.72. The first kappa shape index (κ1) is 10.8. The van der Waals surface area contributed by atoms with Crippen molar-refractivity contribution in [2.24, 2.45) is 17.3 Å². The summed E-state index contributed by atoms with van der Waals surface area (Å²) in [5.74, 6) is 1.78. The van der Waals surface area contributed by atoms with Crippen molar-refractivity contribution < 1.29 is 4.79 Å². The van der Waals surface area contributed by atoms with E-state index in [-0.39, 0.29) is 5.41 Å². The predicted octanol–water partition coefficient (Wildman–Crippen LogP) is 3.26. The summed E-state index contributed by atoms with van der Waals surface area (Å²) in [6, 6.07) is 0. The van der Waals surface area contributed by atoms with Crippen LogP contribution >= 0.6 is 0 Å². The second-order valence-electron chi connectivity index (χ2n) is 6.55. The zero-order chi connectivity index (χ0) is 12.3. The molecule has 4 rings (SSSR count). The molecule has 4 aliphatic rings. The third-order valence-corrected chi connectivity index (χ3v) is 5.63. The Morgan fingerprint density at radius 1 is 1.39 bits per heavy atom. The van der Waals surface area contributed by atoms with E-state index < -0.39 is 0 Å². The van der Waals surface area contributed by atoms with Crippen molar-refractivity contribution in [3.63, 3.8) is 0 Å². The van der Waals surface area contributed by atoms with Crippen LogP contribution < -0.4 is 0 Å². The van der Waals surface area contributed by atoms with Crippen LogP contribution in [-0.2, 0) is 4.79 Å². The quantitative estimate of drug-likeness (QED) is 0.598. The zero-order valence-electron chi connectivity index (χ0n) is 11.1. The number of allylic oxidation sites excluding steroid dienone is 3. The van der Waals surface area contributed by atoms with Gasteiger partial charge in [-0.05, 0) is 43.9 Å². The van der Waals surface area contributed by atoms with Gasteiger partial charge >= 0.3 is 0 Å². The molecule has 2 heteroatoms. The molecule has 2 aliphatic carbocycles. The Hall–Kier alpha value is -1.05. The van der Waals surface area contributed by atoms with Crippen molar-refractivity contribution in [3.8, 4) is 0 Å². The van der Waals surface area contributed by atoms with Crippen LogP contribution in [-0.4, -0.2) is 17.4 Å². The van der Waals surface area contributed by atoms with Crippen LogP contribution in [0.25, 0.3) is 0 Å². The molecule has 2 fully saturated rings. The van der Waals surface area contributed by atoms with E-state index in [2.05, 4.69) is 24.0 Å². The summed E-state index contributed by atoms with van der Waals surface area (Å²) in [6.45, 7) is 3.26. The number of hydrogen-bond donors (Lipinski definition) is 0. The van der Waals surface area contributed by atoms with Gasteiger partial charge in [0.2, 0.25) is 5.91 Å². The number of amides is 1. The normalized spacial score (nSPS) is 42.1. The summed E-state index contributed by atoms with van der Waals surface area (Å²) in [6.07, 6.45) is 11.7. The second-order valence-corrected chi connectivity index (χ2v) is 6.55. The van der Waals surface area contributed by atoms with Gasteiger partial charge < -0.3 is 4.90 Å². The lowest BCUT2D eigenvalue weighted by Crippen LogP contribution is -2.48. The molecule has 1 amide bonds. The molecule has 0 N–H and O–H groups in total. The summed E-state index contributed by atoms with van der Waals surface area (Å²) in [4.78, 5) is 14.4. The van der Waals surface area contributed by atoms with Gasteiger partial charge in [-0.2, -0.15) is 0 Å². The molecule has 0 aromatic carbocycles. The molecular formula is C16H21NO. The fourth-order valence-corrected chi connectivity index (χ4v) is 4.93. The molecule has 2 heterocycles. The van der Waals surface area contributed by atoms with E-state index in [0.29, 0.717) is 11.8 Å². The lowest BCUT2D eigenvalue weighted by molar-refractivity contribution is -0.133. The Bertz CT molecular complexity index is 475. The van der Waals surface area contributed by atoms with Crippen molar-refractivity contribution in [1.82, 2.24) is 4.90 Å². The molecule has 18 heavy (non-hydrogen) atoms. The maximum atomic E-state index is 12.2. The van der Waals surface area contributed by atoms with E-state index in [0.717, 1.165) is 31.7 Å². The minimum Gasteiger partial charge on any atom is -0.316 e. The summed E-state index contributed by atoms with van der Waals surface area (Å²) >= 11 is 0. The molecule has 2 saturated heterocycles. The molecule has 0 aromatic rings. The molecule has 2 aliphatic heterocycles. The third kappa shape index (κ3) is 1.17. The van der Waals surface area contributed by atoms with Crippen molar-refractivity contribution in [1.29, 1.82) is 0 Å². The van der Waals surface area contributed by atoms with Gasteiger partial charge in [0.25, 0.3) is 0 Å². The van der Waals surface area contributed by atoms with Gasteiger partial charge in [-0.3, -0.25) is 4.79 Å². The van der Waals surface area contributed by atoms with Crippen LogP contribution in [0.1, 0.15) is 45.4 Å². The van der Waals surface area contributed by atoms with Gasteiger partial charge in [-0.25, -0.2) is 0 Å². The predicted molar refractivity (Wildman–Crippen MR) is 70.7 cm³/mol. The molecule has 0 aromatic heterocycles. The van der Waals surface area contributed by atoms with Gasteiger partial charge in [0.05, 0.1) is 0 Å². The highest BCUT2D eigenvalue weighted by atomic mass is 16.2. The largest absolute Gasteiger partial charge is 0.316 e. The summed E-state index contributed by atoms with van der Waals surface area (Å²) in [7, 11) is 0. The SMILES string of the molecule is CC1C=C2N3CCCC4=CCC(C1)C42CCC3=O. The summed E-state index contributed by atoms with van der Waals surface area (Å²) < 4.78 is 0. The van der Waals surface area contributed by atoms with Gasteiger partial charge in [-0.15, -0.1) is 0 Å². The van der Waals surface area contributed by atoms with E-state index >= 15 is 0 Å². The van der Waals surface area contributed by atoms with Crippen LogP contribution in [0.3, 0.4) is 0 Å². The standard InChI is InChI=1S/C16H21NO/c1-11-9-13-5-4-12-3-2-8-17-14(10-11)16(12,13)7-6-15(17)18/h4,10-11,13H,2-3,5-9H2,1H3. The topological polar surface area (TPSA) is 20.3 Å². The van der Waals surface area contributed by atoms with Crippen molar-refractivity contribution in [2.45, 2.75) is 45.4 Å². The number of nitrogens with zero attached hydrogens (tertiary/aromatic N) is 1. The Morgan fingerprint density at radius 3 is 3.17 bits per heavy atom. The highest BCUT2D eigenvalue weighted by Gasteiger charge is 2.55. The average molecular weight is 243 g/mol. The van der Waals surface area contributed by atoms with E-state index in [4.69, 9.17) is 0 Å². The molecule has 3 atom stereocenters. The number of carbonyl (C=O) groups is 1. The fraction of sp³-hybridized carbons (Fsp3) is 0.688. The average Bonchev–Trinajstić information content (AvgIpc) is 2.62. The van der Waals surface area contributed by atoms with Crippen molar-refractivity contribution in [2.75, 3.05) is 6.54 Å². The Kier molecular flexibility index (Phi) is 2.10. The Balaban J connectivity index is 1.93. The molecule has 2 nitrogen and oxygen atoms in total. The monoisotopic (exact) mass is 243 g/mol. The van der Waals surface area contributed by atoms with Crippen LogP contribution in [0, 0.1) is 17.3 Å². The lowest BCUT2D eigenvalue weighted by Gasteiger charge is -2.50. The highest BCUT2D eigenvalue weighted by molar-refractivity contribution is 5.81. The number of rotatable bonds is 0. The second kappa shape index (κ2) is 3.49. The van der Waals surface area contributed by atoms with E-state index in [1.165, 1.54) is 25.0 Å². The Labute approximate surface area is 109 Å². The molecule has 96 valence electrons. The number of carbonyl (C=O) groups excluding carboxylic acids is 1. The molecule has 0 saturated carbocycles. The Morgan fingerprint density at radius 2 is 2.28 bits per heavy atom. The molecular weight excluding hydrogens is 222 g/mol. The zero-order valence-corrected chi connectivity index (χ0v) is 11.1. The number of piperidine rings is 1. The van der Waals surface area contributed by atoms with Crippen LogP contribution in [0.4, 0.5) is 0 Å². The van der Waals surface area contributed by atoms with Gasteiger partial charge in [-0.1, -0.05) is 24.6 Å². The van der Waals surface area contributed by atoms with Crippen molar-refractivity contribution >= 4 is 5.91 Å². The molecule has 1 spiro atoms. The number of hydrogen-bond acceptors (Lipinski definition) is 1. The first-order valence-corrected chi connectivity index (χ1v) is 7.44. The summed E-state index contributed by atoms with van der Waals surface area (Å²) in [5, 5.41) is 0. The fourth-order valence-electron chi connectivity index (χ4n) is 4.93. The smallest absolute Gasteiger partial charge is 0.226 e. The molecule has 0 radical (unpaired) electrons. The first-order valence-electron chi connectivity index (χ1n) is 7.44.